The van der Waals surface area contributed by atoms with E-state index in [0.29, 0.717) is 35.7 Å². The number of benzene rings is 3. The largest absolute Gasteiger partial charge is 0.481 e. The van der Waals surface area contributed by atoms with Crippen molar-refractivity contribution in [1.82, 2.24) is 0 Å². The van der Waals surface area contributed by atoms with Gasteiger partial charge in [0.05, 0.1) is 11.8 Å². The molecule has 0 saturated carbocycles. The summed E-state index contributed by atoms with van der Waals surface area (Å²) in [7, 11) is 0. The highest BCUT2D eigenvalue weighted by Gasteiger charge is 2.34. The Hall–Kier alpha value is -4.24. The molecule has 3 unspecified atom stereocenters. The van der Waals surface area contributed by atoms with Gasteiger partial charge in [-0.05, 0) is 48.7 Å². The topological polar surface area (TPSA) is 114 Å². The van der Waals surface area contributed by atoms with Crippen molar-refractivity contribution in [2.24, 2.45) is 11.8 Å². The highest BCUT2D eigenvalue weighted by Crippen LogP contribution is 2.39. The molecule has 0 radical (unpaired) electrons. The number of amides is 2. The van der Waals surface area contributed by atoms with Crippen molar-refractivity contribution in [2.75, 3.05) is 17.4 Å². The molecule has 8 nitrogen and oxygen atoms in total. The number of hydrogen-bond donors (Lipinski definition) is 3. The second kappa shape index (κ2) is 11.4. The lowest BCUT2D eigenvalue weighted by Crippen LogP contribution is -2.34. The van der Waals surface area contributed by atoms with Crippen LogP contribution in [0, 0.1) is 11.8 Å². The van der Waals surface area contributed by atoms with Crippen molar-refractivity contribution in [3.8, 4) is 11.5 Å². The summed E-state index contributed by atoms with van der Waals surface area (Å²) in [6.07, 6.45) is 4.37. The molecule has 1 aliphatic heterocycles. The van der Waals surface area contributed by atoms with Gasteiger partial charge in [-0.1, -0.05) is 48.6 Å². The Morgan fingerprint density at radius 1 is 0.816 bits per heavy atom. The van der Waals surface area contributed by atoms with E-state index in [1.54, 1.807) is 42.5 Å². The van der Waals surface area contributed by atoms with E-state index in [1.165, 1.54) is 11.8 Å². The van der Waals surface area contributed by atoms with Gasteiger partial charge < -0.3 is 25.2 Å². The van der Waals surface area contributed by atoms with Crippen LogP contribution in [-0.2, 0) is 14.4 Å². The maximum Gasteiger partial charge on any atom is 0.307 e. The molecule has 2 aliphatic rings. The third-order valence-corrected chi connectivity index (χ3v) is 7.67. The summed E-state index contributed by atoms with van der Waals surface area (Å²) in [6.45, 7) is 0.149. The van der Waals surface area contributed by atoms with E-state index in [2.05, 4.69) is 10.6 Å². The number of rotatable bonds is 8. The van der Waals surface area contributed by atoms with Crippen molar-refractivity contribution in [3.05, 3.63) is 90.5 Å². The van der Waals surface area contributed by atoms with Crippen LogP contribution in [0.5, 0.6) is 11.5 Å². The molecule has 2 amide bonds. The molecular formula is C29H26N2O6S. The standard InChI is InChI=1S/C29H26N2O6S/c32-27(22-11-4-5-12-23(22)29(34)35)30-19-9-6-10-21(15-19)38-26(18-7-2-1-3-8-18)28(33)31-20-13-14-24-25(16-20)37-17-36-24/h1-10,13-16,22-23,26H,11-12,17H2,(H,30,32)(H,31,33)(H,34,35). The molecule has 3 aromatic carbocycles. The number of allylic oxidation sites excluding steroid dienone is 2. The minimum Gasteiger partial charge on any atom is -0.481 e. The average Bonchev–Trinajstić information content (AvgIpc) is 3.40. The van der Waals surface area contributed by atoms with Crippen LogP contribution in [0.3, 0.4) is 0 Å². The van der Waals surface area contributed by atoms with Crippen LogP contribution in [0.4, 0.5) is 11.4 Å². The fourth-order valence-corrected chi connectivity index (χ4v) is 5.56. The second-order valence-electron chi connectivity index (χ2n) is 8.98. The fraction of sp³-hybridized carbons (Fsp3) is 0.207. The first kappa shape index (κ1) is 25.4. The number of fused-ring (bicyclic) bond motifs is 1. The Labute approximate surface area is 224 Å². The summed E-state index contributed by atoms with van der Waals surface area (Å²) < 4.78 is 10.8. The van der Waals surface area contributed by atoms with Gasteiger partial charge >= 0.3 is 5.97 Å². The first-order valence-electron chi connectivity index (χ1n) is 12.2. The number of aliphatic carboxylic acids is 1. The van der Waals surface area contributed by atoms with Gasteiger partial charge in [0.25, 0.3) is 0 Å². The number of carbonyl (C=O) groups is 3. The summed E-state index contributed by atoms with van der Waals surface area (Å²) in [5, 5.41) is 14.8. The minimum atomic E-state index is -0.974. The average molecular weight is 531 g/mol. The maximum absolute atomic E-state index is 13.5. The lowest BCUT2D eigenvalue weighted by Gasteiger charge is -2.24. The first-order valence-corrected chi connectivity index (χ1v) is 13.1. The highest BCUT2D eigenvalue weighted by atomic mass is 32.2. The molecule has 194 valence electrons. The molecule has 3 atom stereocenters. The smallest absolute Gasteiger partial charge is 0.307 e. The van der Waals surface area contributed by atoms with Crippen molar-refractivity contribution < 1.29 is 29.0 Å². The Morgan fingerprint density at radius 2 is 1.55 bits per heavy atom. The Balaban J connectivity index is 1.33. The number of ether oxygens (including phenoxy) is 2. The summed E-state index contributed by atoms with van der Waals surface area (Å²) in [5.41, 5.74) is 1.96. The zero-order valence-electron chi connectivity index (χ0n) is 20.3. The monoisotopic (exact) mass is 530 g/mol. The second-order valence-corrected chi connectivity index (χ2v) is 10.2. The number of hydrogen-bond acceptors (Lipinski definition) is 6. The predicted molar refractivity (Wildman–Crippen MR) is 144 cm³/mol. The van der Waals surface area contributed by atoms with Gasteiger partial charge in [-0.3, -0.25) is 14.4 Å². The summed E-state index contributed by atoms with van der Waals surface area (Å²) in [6, 6.07) is 21.9. The molecule has 38 heavy (non-hydrogen) atoms. The summed E-state index contributed by atoms with van der Waals surface area (Å²) >= 11 is 1.35. The molecular weight excluding hydrogens is 504 g/mol. The van der Waals surface area contributed by atoms with Crippen molar-refractivity contribution in [2.45, 2.75) is 23.0 Å². The summed E-state index contributed by atoms with van der Waals surface area (Å²) in [4.78, 5) is 38.8. The van der Waals surface area contributed by atoms with Gasteiger partial charge in [-0.2, -0.15) is 0 Å². The van der Waals surface area contributed by atoms with Gasteiger partial charge in [-0.25, -0.2) is 0 Å². The normalized spacial score (nSPS) is 18.4. The number of carbonyl (C=O) groups excluding carboxylic acids is 2. The quantitative estimate of drug-likeness (QED) is 0.261. The molecule has 3 aromatic rings. The third kappa shape index (κ3) is 5.84. The molecule has 3 N–H and O–H groups in total. The molecule has 0 aromatic heterocycles. The zero-order valence-corrected chi connectivity index (χ0v) is 21.1. The lowest BCUT2D eigenvalue weighted by molar-refractivity contribution is -0.146. The molecule has 0 fully saturated rings. The van der Waals surface area contributed by atoms with Crippen LogP contribution in [-0.4, -0.2) is 29.7 Å². The van der Waals surface area contributed by atoms with Gasteiger partial charge in [-0.15, -0.1) is 11.8 Å². The molecule has 1 aliphatic carbocycles. The zero-order chi connectivity index (χ0) is 26.5. The van der Waals surface area contributed by atoms with E-state index in [0.717, 1.165) is 10.5 Å². The number of carboxylic acids is 1. The van der Waals surface area contributed by atoms with Crippen LogP contribution < -0.4 is 20.1 Å². The fourth-order valence-electron chi connectivity index (χ4n) is 4.48. The molecule has 1 heterocycles. The predicted octanol–water partition coefficient (Wildman–Crippen LogP) is 5.49. The van der Waals surface area contributed by atoms with E-state index in [9.17, 15) is 19.5 Å². The number of carboxylic acid groups (broad SMARTS) is 1. The Morgan fingerprint density at radius 3 is 2.34 bits per heavy atom. The van der Waals surface area contributed by atoms with Gasteiger partial charge in [0, 0.05) is 22.3 Å². The van der Waals surface area contributed by atoms with Crippen LogP contribution in [0.15, 0.2) is 89.8 Å². The van der Waals surface area contributed by atoms with E-state index >= 15 is 0 Å². The SMILES string of the molecule is O=C(Nc1ccc2c(c1)OCO2)C(Sc1cccc(NC(=O)C2CC=CCC2C(=O)O)c1)c1ccccc1. The van der Waals surface area contributed by atoms with Crippen LogP contribution in [0.25, 0.3) is 0 Å². The number of thioether (sulfide) groups is 1. The minimum absolute atomic E-state index is 0.149. The van der Waals surface area contributed by atoms with Gasteiger partial charge in [0.15, 0.2) is 11.5 Å². The molecule has 9 heteroatoms. The van der Waals surface area contributed by atoms with Crippen LogP contribution >= 0.6 is 11.8 Å². The van der Waals surface area contributed by atoms with E-state index in [-0.39, 0.29) is 18.6 Å². The highest BCUT2D eigenvalue weighted by molar-refractivity contribution is 8.00. The first-order chi connectivity index (χ1) is 18.5. The molecule has 0 bridgehead atoms. The number of nitrogens with one attached hydrogen (secondary N) is 2. The maximum atomic E-state index is 13.5. The van der Waals surface area contributed by atoms with Crippen molar-refractivity contribution >= 4 is 40.9 Å². The van der Waals surface area contributed by atoms with Crippen LogP contribution in [0.1, 0.15) is 23.7 Å². The van der Waals surface area contributed by atoms with Gasteiger partial charge in [0.1, 0.15) is 5.25 Å². The number of anilines is 2. The third-order valence-electron chi connectivity index (χ3n) is 6.42. The van der Waals surface area contributed by atoms with Gasteiger partial charge in [0.2, 0.25) is 18.6 Å². The van der Waals surface area contributed by atoms with Crippen LogP contribution in [0.2, 0.25) is 0 Å². The summed E-state index contributed by atoms with van der Waals surface area (Å²) in [5.74, 6) is -1.70. The van der Waals surface area contributed by atoms with E-state index in [4.69, 9.17) is 9.47 Å². The molecule has 0 saturated heterocycles. The lowest BCUT2D eigenvalue weighted by atomic mass is 9.82. The van der Waals surface area contributed by atoms with Crippen molar-refractivity contribution in [1.29, 1.82) is 0 Å². The molecule has 0 spiro atoms. The van der Waals surface area contributed by atoms with Crippen molar-refractivity contribution in [3.63, 3.8) is 0 Å². The molecule has 5 rings (SSSR count). The van der Waals surface area contributed by atoms with E-state index < -0.39 is 23.1 Å². The Kier molecular flexibility index (Phi) is 7.65. The Bertz CT molecular complexity index is 1380. The van der Waals surface area contributed by atoms with E-state index in [1.807, 2.05) is 42.5 Å².